The zero-order chi connectivity index (χ0) is 72.3. The highest BCUT2D eigenvalue weighted by molar-refractivity contribution is 5.98. The number of ketones is 1. The molecule has 2 bridgehead atoms. The molecule has 26 heteroatoms. The first-order chi connectivity index (χ1) is 46.8. The van der Waals surface area contributed by atoms with Crippen LogP contribution in [0.3, 0.4) is 0 Å². The molecule has 4 aromatic rings. The molecule has 1 heterocycles. The molecule has 8 N–H and O–H groups in total. The van der Waals surface area contributed by atoms with Crippen molar-refractivity contribution in [1.29, 1.82) is 0 Å². The number of carbonyl (C=O) groups is 12. The first kappa shape index (κ1) is 74.9. The molecule has 13 atom stereocenters. The third-order valence-electron chi connectivity index (χ3n) is 18.9. The third kappa shape index (κ3) is 16.8. The van der Waals surface area contributed by atoms with Crippen LogP contribution in [0.25, 0.3) is 0 Å². The van der Waals surface area contributed by atoms with E-state index in [2.05, 4.69) is 38.5 Å². The fourth-order valence-corrected chi connectivity index (χ4v) is 13.7. The fraction of sp³-hybridized carbons (Fsp3) is 0.452. The number of ether oxygens (including phenoxy) is 6. The zero-order valence-electron chi connectivity index (χ0n) is 56.7. The molecule has 26 nitrogen and oxygen atoms in total. The van der Waals surface area contributed by atoms with Crippen LogP contribution in [0, 0.1) is 22.7 Å². The maximum Gasteiger partial charge on any atom is 0.350 e. The van der Waals surface area contributed by atoms with Crippen LogP contribution in [0.5, 0.6) is 0 Å². The van der Waals surface area contributed by atoms with Crippen molar-refractivity contribution in [2.75, 3.05) is 26.2 Å². The van der Waals surface area contributed by atoms with Gasteiger partial charge in [-0.05, 0) is 79.6 Å². The minimum absolute atomic E-state index is 0.00878. The minimum Gasteiger partial charge on any atom is -0.455 e. The average molecular weight is 1370 g/mol. The summed E-state index contributed by atoms with van der Waals surface area (Å²) in [5.41, 5.74) is -7.38. The van der Waals surface area contributed by atoms with Gasteiger partial charge in [0.15, 0.2) is 17.5 Å². The predicted octanol–water partition coefficient (Wildman–Crippen LogP) is 3.86. The lowest BCUT2D eigenvalue weighted by molar-refractivity contribution is -0.346. The molecule has 0 unspecified atom stereocenters. The summed E-state index contributed by atoms with van der Waals surface area (Å²) in [6, 6.07) is 28.2. The highest BCUT2D eigenvalue weighted by atomic mass is 16.6. The van der Waals surface area contributed by atoms with Crippen LogP contribution in [0.1, 0.15) is 126 Å². The van der Waals surface area contributed by atoms with Gasteiger partial charge in [0.2, 0.25) is 35.6 Å². The number of rotatable bonds is 27. The SMILES string of the molecule is C=C(C)C(=O)NCC(=O)N[C@@H](Cc1ccccc1)C(=O)N[C@@H](CC(C)C)C(=O)NCC(=O)NCCC(=O)O[C@@H](C(=O)O[C@H]1C[C@@]2(O)[C@@H](OC(=O)c3ccccc3)[C@@H]3[C@]4(OC(C)=O)CO[C@@H]4C[C@H](O)[C@@]3(C)C(=O)[C@H](OC(C)=O)C(=C1C)C2(C)C)[C@@H](NC(=O)c1ccccc1)c1ccccc1. The van der Waals surface area contributed by atoms with Crippen LogP contribution in [0.4, 0.5) is 0 Å². The Kier molecular flexibility index (Phi) is 24.0. The summed E-state index contributed by atoms with van der Waals surface area (Å²) in [4.78, 5) is 168. The van der Waals surface area contributed by atoms with Crippen molar-refractivity contribution < 1.29 is 96.2 Å². The maximum atomic E-state index is 15.9. The predicted molar refractivity (Wildman–Crippen MR) is 353 cm³/mol. The van der Waals surface area contributed by atoms with Crippen molar-refractivity contribution >= 4 is 71.1 Å². The van der Waals surface area contributed by atoms with E-state index in [1.165, 1.54) is 71.0 Å². The smallest absolute Gasteiger partial charge is 0.350 e. The average Bonchev–Trinajstić information content (AvgIpc) is 0.669. The largest absolute Gasteiger partial charge is 0.455 e. The van der Waals surface area contributed by atoms with Crippen LogP contribution < -0.4 is 31.9 Å². The Hall–Kier alpha value is -9.92. The van der Waals surface area contributed by atoms with Gasteiger partial charge in [-0.1, -0.05) is 131 Å². The van der Waals surface area contributed by atoms with Crippen LogP contribution >= 0.6 is 0 Å². The van der Waals surface area contributed by atoms with Crippen molar-refractivity contribution in [3.05, 3.63) is 167 Å². The van der Waals surface area contributed by atoms with Crippen LogP contribution in [0.15, 0.2) is 145 Å². The van der Waals surface area contributed by atoms with Gasteiger partial charge >= 0.3 is 29.8 Å². The molecule has 99 heavy (non-hydrogen) atoms. The van der Waals surface area contributed by atoms with Crippen molar-refractivity contribution in [2.24, 2.45) is 22.7 Å². The summed E-state index contributed by atoms with van der Waals surface area (Å²) in [5, 5.41) is 42.0. The number of amides is 6. The Labute approximate surface area is 573 Å². The summed E-state index contributed by atoms with van der Waals surface area (Å²) in [5.74, 6) is -12.4. The lowest BCUT2D eigenvalue weighted by Gasteiger charge is -2.67. The van der Waals surface area contributed by atoms with Gasteiger partial charge < -0.3 is 70.5 Å². The van der Waals surface area contributed by atoms with Gasteiger partial charge in [-0.2, -0.15) is 0 Å². The molecule has 8 rings (SSSR count). The van der Waals surface area contributed by atoms with Crippen molar-refractivity contribution in [3.63, 3.8) is 0 Å². The minimum atomic E-state index is -2.57. The van der Waals surface area contributed by atoms with E-state index in [9.17, 15) is 58.2 Å². The summed E-state index contributed by atoms with van der Waals surface area (Å²) in [6.45, 7) is 14.6. The monoisotopic (exact) mass is 1370 g/mol. The first-order valence-corrected chi connectivity index (χ1v) is 32.7. The van der Waals surface area contributed by atoms with Gasteiger partial charge in [-0.3, -0.25) is 47.9 Å². The summed E-state index contributed by atoms with van der Waals surface area (Å²) in [7, 11) is 0. The topological polar surface area (TPSA) is 373 Å². The molecule has 4 aliphatic rings. The van der Waals surface area contributed by atoms with E-state index in [-0.39, 0.29) is 58.6 Å². The number of esters is 5. The standard InChI is InChI=1S/C73H86N6O20/c1-40(2)33-49(78-67(90)50(34-45-23-15-11-16-24-45)77-55(84)38-75-64(87)41(3)4)66(89)76-37-54(83)74-32-31-56(85)97-60(58(46-25-17-12-18-26-46)79-65(88)47-27-19-13-20-28-47)69(92)96-51-36-73(93)63(98-68(91)48-29-21-14-22-30-48)61-71(10,52(82)35-53-72(61,39-94-53)99-44(7)81)62(86)59(95-43(6)80)57(42(51)5)70(73,8)9/h11-30,40,49-53,58-61,63,82,93H,3,31-39H2,1-2,4-10H3,(H,74,83)(H,75,87)(H,76,89)(H,77,84)(H,78,90)(H,79,88)/t49-,50-,51-,52-,53+,58-,59+,60+,61-,63-,71+,72-,73+/m0/s1. The molecule has 6 amide bonds. The Morgan fingerprint density at radius 3 is 1.87 bits per heavy atom. The van der Waals surface area contributed by atoms with E-state index >= 15 is 9.59 Å². The van der Waals surface area contributed by atoms with Gasteiger partial charge in [0.25, 0.3) is 5.91 Å². The Morgan fingerprint density at radius 2 is 1.29 bits per heavy atom. The van der Waals surface area contributed by atoms with E-state index in [4.69, 9.17) is 28.4 Å². The molecule has 0 radical (unpaired) electrons. The van der Waals surface area contributed by atoms with Gasteiger partial charge in [0.1, 0.15) is 42.0 Å². The van der Waals surface area contributed by atoms with E-state index in [0.29, 0.717) is 5.56 Å². The Bertz CT molecular complexity index is 3750. The van der Waals surface area contributed by atoms with Gasteiger partial charge in [0, 0.05) is 56.2 Å². The third-order valence-corrected chi connectivity index (χ3v) is 18.9. The molecule has 2 saturated carbocycles. The van der Waals surface area contributed by atoms with Crippen LogP contribution in [-0.4, -0.2) is 167 Å². The van der Waals surface area contributed by atoms with Crippen molar-refractivity contribution in [2.45, 2.75) is 160 Å². The number of aliphatic hydroxyl groups excluding tert-OH is 1. The number of hydrogen-bond acceptors (Lipinski definition) is 20. The summed E-state index contributed by atoms with van der Waals surface area (Å²) >= 11 is 0. The zero-order valence-corrected chi connectivity index (χ0v) is 56.7. The first-order valence-electron chi connectivity index (χ1n) is 32.7. The van der Waals surface area contributed by atoms with E-state index in [1.54, 1.807) is 98.8 Å². The fourth-order valence-electron chi connectivity index (χ4n) is 13.7. The van der Waals surface area contributed by atoms with Crippen molar-refractivity contribution in [1.82, 2.24) is 31.9 Å². The second-order valence-electron chi connectivity index (χ2n) is 26.6. The molecule has 3 aliphatic carbocycles. The highest BCUT2D eigenvalue weighted by Gasteiger charge is 2.78. The van der Waals surface area contributed by atoms with E-state index < -0.39 is 193 Å². The molecule has 528 valence electrons. The van der Waals surface area contributed by atoms with Gasteiger partial charge in [-0.15, -0.1) is 0 Å². The van der Waals surface area contributed by atoms with Crippen LogP contribution in [-0.2, 0) is 82.8 Å². The number of hydrogen-bond donors (Lipinski definition) is 8. The lowest BCUT2D eigenvalue weighted by atomic mass is 9.44. The molecule has 1 saturated heterocycles. The molecule has 3 fully saturated rings. The number of carbonyl (C=O) groups excluding carboxylic acids is 12. The van der Waals surface area contributed by atoms with Gasteiger partial charge in [0.05, 0.1) is 49.1 Å². The van der Waals surface area contributed by atoms with Gasteiger partial charge in [-0.25, -0.2) is 9.59 Å². The number of fused-ring (bicyclic) bond motifs is 5. The quantitative estimate of drug-likeness (QED) is 0.0182. The molecule has 0 aromatic heterocycles. The molecule has 0 spiro atoms. The molecule has 1 aliphatic heterocycles. The second-order valence-corrected chi connectivity index (χ2v) is 26.6. The van der Waals surface area contributed by atoms with Crippen LogP contribution in [0.2, 0.25) is 0 Å². The number of benzene rings is 4. The summed E-state index contributed by atoms with van der Waals surface area (Å²) < 4.78 is 37.1. The lowest BCUT2D eigenvalue weighted by Crippen LogP contribution is -2.82. The second kappa shape index (κ2) is 31.7. The molecular formula is C73H86N6O20. The maximum absolute atomic E-state index is 15.9. The van der Waals surface area contributed by atoms with E-state index in [0.717, 1.165) is 13.8 Å². The number of aliphatic hydroxyl groups is 2. The Morgan fingerprint density at radius 1 is 0.697 bits per heavy atom. The molecule has 4 aromatic carbocycles. The number of nitrogens with one attached hydrogen (secondary N) is 6. The normalized spacial score (nSPS) is 24.6. The Balaban J connectivity index is 1.08. The van der Waals surface area contributed by atoms with E-state index in [1.807, 2.05) is 0 Å². The molecular weight excluding hydrogens is 1280 g/mol. The number of Topliss-reactive ketones (excluding diaryl/α,β-unsaturated/α-hetero) is 1. The highest BCUT2D eigenvalue weighted by Crippen LogP contribution is 2.64. The van der Waals surface area contributed by atoms with Crippen molar-refractivity contribution in [3.8, 4) is 0 Å². The summed E-state index contributed by atoms with van der Waals surface area (Å²) in [6.07, 6.45) is -12.1.